The highest BCUT2D eigenvalue weighted by Gasteiger charge is 2.35. The van der Waals surface area contributed by atoms with Crippen molar-refractivity contribution in [2.45, 2.75) is 13.0 Å². The first-order chi connectivity index (χ1) is 18.0. The van der Waals surface area contributed by atoms with E-state index >= 15 is 0 Å². The molecule has 6 rings (SSSR count). The molecule has 0 radical (unpaired) electrons. The lowest BCUT2D eigenvalue weighted by Crippen LogP contribution is -2.48. The molecule has 7 nitrogen and oxygen atoms in total. The van der Waals surface area contributed by atoms with Crippen LogP contribution < -0.4 is 9.80 Å². The summed E-state index contributed by atoms with van der Waals surface area (Å²) in [6, 6.07) is 26.3. The van der Waals surface area contributed by atoms with E-state index in [0.717, 1.165) is 71.3 Å². The second kappa shape index (κ2) is 9.23. The van der Waals surface area contributed by atoms with Gasteiger partial charge in [0, 0.05) is 56.1 Å². The molecule has 37 heavy (non-hydrogen) atoms. The Morgan fingerprint density at radius 3 is 2.38 bits per heavy atom. The van der Waals surface area contributed by atoms with Gasteiger partial charge in [0.1, 0.15) is 17.5 Å². The van der Waals surface area contributed by atoms with Crippen LogP contribution in [0, 0.1) is 18.3 Å². The highest BCUT2D eigenvalue weighted by Crippen LogP contribution is 2.40. The molecule has 1 unspecified atom stereocenters. The third-order valence-corrected chi connectivity index (χ3v) is 7.44. The van der Waals surface area contributed by atoms with E-state index < -0.39 is 0 Å². The first-order valence-electron chi connectivity index (χ1n) is 12.5. The van der Waals surface area contributed by atoms with Crippen LogP contribution in [-0.4, -0.2) is 49.2 Å². The van der Waals surface area contributed by atoms with Gasteiger partial charge in [-0.2, -0.15) is 5.26 Å². The summed E-state index contributed by atoms with van der Waals surface area (Å²) >= 11 is 0. The van der Waals surface area contributed by atoms with Crippen LogP contribution >= 0.6 is 0 Å². The van der Waals surface area contributed by atoms with Crippen LogP contribution in [-0.2, 0) is 0 Å². The fourth-order valence-electron chi connectivity index (χ4n) is 5.59. The van der Waals surface area contributed by atoms with Gasteiger partial charge in [-0.3, -0.25) is 9.69 Å². The van der Waals surface area contributed by atoms with E-state index in [-0.39, 0.29) is 11.9 Å². The Labute approximate surface area is 216 Å². The molecule has 184 valence electrons. The van der Waals surface area contributed by atoms with E-state index in [4.69, 9.17) is 4.52 Å². The number of fused-ring (bicyclic) bond motifs is 2. The normalized spacial score (nSPS) is 17.6. The lowest BCUT2D eigenvalue weighted by Gasteiger charge is -2.41. The van der Waals surface area contributed by atoms with Crippen LogP contribution in [0.4, 0.5) is 11.4 Å². The number of hydrogen-bond acceptors (Lipinski definition) is 6. The van der Waals surface area contributed by atoms with Crippen molar-refractivity contribution in [1.82, 2.24) is 10.1 Å². The number of amides is 1. The highest BCUT2D eigenvalue weighted by molar-refractivity contribution is 6.08. The molecule has 3 aromatic carbocycles. The van der Waals surface area contributed by atoms with Gasteiger partial charge in [-0.25, -0.2) is 0 Å². The lowest BCUT2D eigenvalue weighted by atomic mass is 9.93. The molecule has 1 atom stereocenters. The average molecular weight is 490 g/mol. The number of anilines is 2. The van der Waals surface area contributed by atoms with E-state index in [0.29, 0.717) is 5.56 Å². The molecule has 7 heteroatoms. The monoisotopic (exact) mass is 489 g/mol. The number of hydrogen-bond donors (Lipinski definition) is 0. The van der Waals surface area contributed by atoms with Gasteiger partial charge in [0.2, 0.25) is 0 Å². The molecule has 0 saturated carbocycles. The first-order valence-corrected chi connectivity index (χ1v) is 12.5. The minimum Gasteiger partial charge on any atom is -0.368 e. The Kier molecular flexibility index (Phi) is 5.74. The Bertz CT molecular complexity index is 1530. The van der Waals surface area contributed by atoms with Crippen molar-refractivity contribution >= 4 is 17.3 Å². The molecule has 0 N–H and O–H groups in total. The molecular weight excluding hydrogens is 462 g/mol. The predicted octanol–water partition coefficient (Wildman–Crippen LogP) is 5.02. The van der Waals surface area contributed by atoms with Crippen molar-refractivity contribution < 1.29 is 9.32 Å². The summed E-state index contributed by atoms with van der Waals surface area (Å²) in [6.45, 7) is 5.03. The molecular formula is C30H27N5O2. The third kappa shape index (κ3) is 3.96. The van der Waals surface area contributed by atoms with Gasteiger partial charge in [-0.15, -0.1) is 0 Å². The molecule has 0 aliphatic carbocycles. The number of carbonyl (C=O) groups excluding carboxylic acids is 1. The summed E-state index contributed by atoms with van der Waals surface area (Å²) < 4.78 is 5.21. The summed E-state index contributed by atoms with van der Waals surface area (Å²) in [4.78, 5) is 19.8. The maximum absolute atomic E-state index is 13.3. The Hall–Kier alpha value is -4.41. The second-order valence-corrected chi connectivity index (χ2v) is 9.60. The van der Waals surface area contributed by atoms with Gasteiger partial charge < -0.3 is 14.3 Å². The quantitative estimate of drug-likeness (QED) is 0.402. The molecule has 1 saturated heterocycles. The van der Waals surface area contributed by atoms with Crippen LogP contribution in [0.5, 0.6) is 0 Å². The molecule has 1 fully saturated rings. The Balaban J connectivity index is 1.30. The van der Waals surface area contributed by atoms with E-state index in [9.17, 15) is 10.1 Å². The number of rotatable bonds is 3. The van der Waals surface area contributed by atoms with Crippen molar-refractivity contribution in [3.05, 3.63) is 101 Å². The van der Waals surface area contributed by atoms with Gasteiger partial charge in [0.25, 0.3) is 5.91 Å². The zero-order valence-electron chi connectivity index (χ0n) is 20.9. The van der Waals surface area contributed by atoms with Crippen molar-refractivity contribution in [2.24, 2.45) is 0 Å². The van der Waals surface area contributed by atoms with Crippen LogP contribution in [0.2, 0.25) is 0 Å². The summed E-state index contributed by atoms with van der Waals surface area (Å²) in [5.74, 6) is 0.758. The van der Waals surface area contributed by atoms with Crippen LogP contribution in [0.1, 0.15) is 38.9 Å². The fraction of sp³-hybridized carbons (Fsp3) is 0.233. The lowest BCUT2D eigenvalue weighted by molar-refractivity contribution is 0.0992. The molecule has 1 aromatic heterocycles. The van der Waals surface area contributed by atoms with Crippen molar-refractivity contribution in [3.8, 4) is 17.3 Å². The second-order valence-electron chi connectivity index (χ2n) is 9.60. The van der Waals surface area contributed by atoms with Crippen molar-refractivity contribution in [1.29, 1.82) is 5.26 Å². The van der Waals surface area contributed by atoms with Crippen LogP contribution in [0.15, 0.2) is 77.3 Å². The van der Waals surface area contributed by atoms with Gasteiger partial charge in [0.15, 0.2) is 0 Å². The van der Waals surface area contributed by atoms with Gasteiger partial charge >= 0.3 is 0 Å². The number of nitrogens with zero attached hydrogens (tertiary/aromatic N) is 5. The van der Waals surface area contributed by atoms with Gasteiger partial charge in [-0.05, 0) is 42.3 Å². The minimum atomic E-state index is -0.0170. The minimum absolute atomic E-state index is 0.0170. The van der Waals surface area contributed by atoms with Crippen LogP contribution in [0.3, 0.4) is 0 Å². The van der Waals surface area contributed by atoms with E-state index in [1.807, 2.05) is 74.6 Å². The summed E-state index contributed by atoms with van der Waals surface area (Å²) in [5.41, 5.74) is 7.04. The summed E-state index contributed by atoms with van der Waals surface area (Å²) in [7, 11) is 1.85. The Morgan fingerprint density at radius 2 is 1.65 bits per heavy atom. The summed E-state index contributed by atoms with van der Waals surface area (Å²) in [5, 5.41) is 14.0. The van der Waals surface area contributed by atoms with Crippen molar-refractivity contribution in [3.63, 3.8) is 0 Å². The maximum Gasteiger partial charge on any atom is 0.258 e. The molecule has 2 aliphatic heterocycles. The van der Waals surface area contributed by atoms with Crippen molar-refractivity contribution in [2.75, 3.05) is 43.0 Å². The summed E-state index contributed by atoms with van der Waals surface area (Å²) in [6.07, 6.45) is 0. The van der Waals surface area contributed by atoms with Crippen LogP contribution in [0.25, 0.3) is 11.3 Å². The third-order valence-electron chi connectivity index (χ3n) is 7.44. The average Bonchev–Trinajstić information content (AvgIpc) is 3.36. The number of piperazine rings is 1. The smallest absolute Gasteiger partial charge is 0.258 e. The van der Waals surface area contributed by atoms with E-state index in [1.54, 1.807) is 4.90 Å². The fourth-order valence-corrected chi connectivity index (χ4v) is 5.59. The van der Waals surface area contributed by atoms with E-state index in [2.05, 4.69) is 33.2 Å². The largest absolute Gasteiger partial charge is 0.368 e. The molecule has 0 bridgehead atoms. The SMILES string of the molecule is Cc1cc(-c2ccc(N3CCN(C4c5ccccc5C(=O)N(C)c5ccccc54)CC3)c(C#N)c2)no1. The van der Waals surface area contributed by atoms with Gasteiger partial charge in [0.05, 0.1) is 17.3 Å². The van der Waals surface area contributed by atoms with Gasteiger partial charge in [-0.1, -0.05) is 47.6 Å². The highest BCUT2D eigenvalue weighted by atomic mass is 16.5. The standard InChI is InChI=1S/C30H27N5O2/c1-20-17-26(32-37-20)21-11-12-27(22(18-21)19-31)34-13-15-35(16-14-34)29-23-7-3-4-8-24(23)30(36)33(2)28-10-6-5-9-25(28)29/h3-12,17-18,29H,13-16H2,1-2H3. The molecule has 2 aliphatic rings. The zero-order valence-corrected chi connectivity index (χ0v) is 20.9. The first kappa shape index (κ1) is 23.0. The number of aryl methyl sites for hydroxylation is 1. The number of para-hydroxylation sites is 1. The molecule has 0 spiro atoms. The number of aromatic nitrogens is 1. The maximum atomic E-state index is 13.3. The molecule has 3 heterocycles. The molecule has 1 amide bonds. The number of carbonyl (C=O) groups is 1. The number of nitriles is 1. The predicted molar refractivity (Wildman–Crippen MR) is 143 cm³/mol. The number of benzene rings is 3. The van der Waals surface area contributed by atoms with E-state index in [1.165, 1.54) is 0 Å². The topological polar surface area (TPSA) is 76.6 Å². The zero-order chi connectivity index (χ0) is 25.5. The molecule has 4 aromatic rings. The Morgan fingerprint density at radius 1 is 0.919 bits per heavy atom.